The fourth-order valence-corrected chi connectivity index (χ4v) is 3.28. The average molecular weight is 378 g/mol. The molecule has 3 aromatic rings. The van der Waals surface area contributed by atoms with Gasteiger partial charge in [-0.15, -0.1) is 11.3 Å². The zero-order valence-electron chi connectivity index (χ0n) is 11.7. The molecule has 7 heteroatoms. The molecule has 2 heterocycles. The smallest absolute Gasteiger partial charge is 0.282 e. The van der Waals surface area contributed by atoms with Gasteiger partial charge in [0.2, 0.25) is 0 Å². The van der Waals surface area contributed by atoms with Crippen molar-refractivity contribution in [1.82, 2.24) is 9.66 Å². The predicted molar refractivity (Wildman–Crippen MR) is 92.1 cm³/mol. The first kappa shape index (κ1) is 14.9. The van der Waals surface area contributed by atoms with Crippen LogP contribution in [0.15, 0.2) is 45.0 Å². The molecule has 1 aromatic carbocycles. The van der Waals surface area contributed by atoms with Crippen LogP contribution < -0.4 is 5.56 Å². The summed E-state index contributed by atoms with van der Waals surface area (Å²) in [6.45, 7) is 2.04. The van der Waals surface area contributed by atoms with E-state index in [-0.39, 0.29) is 11.3 Å². The minimum atomic E-state index is -0.216. The van der Waals surface area contributed by atoms with Crippen LogP contribution >= 0.6 is 27.3 Å². The number of aryl methyl sites for hydroxylation is 1. The molecule has 0 aliphatic heterocycles. The molecule has 0 unspecified atom stereocenters. The van der Waals surface area contributed by atoms with Crippen LogP contribution in [0.25, 0.3) is 10.2 Å². The molecule has 3 rings (SSSR count). The molecule has 2 aromatic heterocycles. The third-order valence-electron chi connectivity index (χ3n) is 3.15. The van der Waals surface area contributed by atoms with Gasteiger partial charge < -0.3 is 5.11 Å². The lowest BCUT2D eigenvalue weighted by atomic mass is 10.2. The number of aromatic hydroxyl groups is 1. The second-order valence-corrected chi connectivity index (χ2v) is 6.66. The van der Waals surface area contributed by atoms with Gasteiger partial charge in [0.15, 0.2) is 0 Å². The number of phenolic OH excluding ortho intramolecular Hbond substituents is 1. The van der Waals surface area contributed by atoms with Crippen molar-refractivity contribution in [2.24, 2.45) is 5.10 Å². The number of aromatic nitrogens is 2. The van der Waals surface area contributed by atoms with Crippen LogP contribution in [0.2, 0.25) is 0 Å². The minimum Gasteiger partial charge on any atom is -0.507 e. The molecule has 0 amide bonds. The van der Waals surface area contributed by atoms with E-state index < -0.39 is 0 Å². The maximum absolute atomic E-state index is 12.4. The number of nitrogens with zero attached hydrogens (tertiary/aromatic N) is 3. The normalized spacial score (nSPS) is 11.5. The van der Waals surface area contributed by atoms with E-state index >= 15 is 0 Å². The molecule has 0 aliphatic carbocycles. The lowest BCUT2D eigenvalue weighted by Gasteiger charge is -2.00. The first-order valence-electron chi connectivity index (χ1n) is 6.61. The fraction of sp³-hybridized carbons (Fsp3) is 0.133. The summed E-state index contributed by atoms with van der Waals surface area (Å²) in [6, 6.07) is 6.86. The summed E-state index contributed by atoms with van der Waals surface area (Å²) < 4.78 is 1.99. The van der Waals surface area contributed by atoms with E-state index in [0.717, 1.165) is 20.6 Å². The Kier molecular flexibility index (Phi) is 4.08. The summed E-state index contributed by atoms with van der Waals surface area (Å²) in [6.07, 6.45) is 3.70. The van der Waals surface area contributed by atoms with Gasteiger partial charge in [0.25, 0.3) is 5.56 Å². The van der Waals surface area contributed by atoms with Crippen molar-refractivity contribution in [3.05, 3.63) is 55.9 Å². The third-order valence-corrected chi connectivity index (χ3v) is 4.83. The van der Waals surface area contributed by atoms with Crippen molar-refractivity contribution in [2.75, 3.05) is 0 Å². The largest absolute Gasteiger partial charge is 0.507 e. The first-order chi connectivity index (χ1) is 10.6. The van der Waals surface area contributed by atoms with Crippen molar-refractivity contribution in [2.45, 2.75) is 13.3 Å². The van der Waals surface area contributed by atoms with E-state index in [1.54, 1.807) is 18.2 Å². The highest BCUT2D eigenvalue weighted by molar-refractivity contribution is 9.10. The molecule has 0 bridgehead atoms. The number of hydrogen-bond acceptors (Lipinski definition) is 5. The van der Waals surface area contributed by atoms with E-state index in [4.69, 9.17) is 0 Å². The van der Waals surface area contributed by atoms with Gasteiger partial charge in [-0.25, -0.2) is 4.98 Å². The second-order valence-electron chi connectivity index (χ2n) is 4.63. The molecule has 22 heavy (non-hydrogen) atoms. The van der Waals surface area contributed by atoms with Crippen LogP contribution in [0.4, 0.5) is 0 Å². The highest BCUT2D eigenvalue weighted by Gasteiger charge is 2.07. The van der Waals surface area contributed by atoms with Crippen molar-refractivity contribution in [3.63, 3.8) is 0 Å². The van der Waals surface area contributed by atoms with Crippen molar-refractivity contribution < 1.29 is 5.11 Å². The van der Waals surface area contributed by atoms with Crippen molar-refractivity contribution in [1.29, 1.82) is 0 Å². The summed E-state index contributed by atoms with van der Waals surface area (Å²) >= 11 is 4.84. The molecule has 0 radical (unpaired) electrons. The van der Waals surface area contributed by atoms with Gasteiger partial charge in [-0.3, -0.25) is 4.79 Å². The Morgan fingerprint density at radius 2 is 2.27 bits per heavy atom. The van der Waals surface area contributed by atoms with Crippen LogP contribution in [0.5, 0.6) is 5.75 Å². The number of hydrogen-bond donors (Lipinski definition) is 1. The van der Waals surface area contributed by atoms with Crippen LogP contribution in [-0.4, -0.2) is 21.0 Å². The summed E-state index contributed by atoms with van der Waals surface area (Å²) in [4.78, 5) is 18.5. The molecule has 0 atom stereocenters. The molecule has 0 saturated heterocycles. The van der Waals surface area contributed by atoms with Crippen LogP contribution in [-0.2, 0) is 6.42 Å². The molecule has 0 saturated carbocycles. The zero-order valence-corrected chi connectivity index (χ0v) is 14.1. The predicted octanol–water partition coefficient (Wildman–Crippen LogP) is 3.37. The summed E-state index contributed by atoms with van der Waals surface area (Å²) in [5.41, 5.74) is 0.299. The highest BCUT2D eigenvalue weighted by atomic mass is 79.9. The minimum absolute atomic E-state index is 0.0952. The SMILES string of the molecule is CCc1cc2c(=O)n(/N=C/c3cc(Br)ccc3O)cnc2s1. The monoisotopic (exact) mass is 377 g/mol. The summed E-state index contributed by atoms with van der Waals surface area (Å²) in [7, 11) is 0. The molecule has 5 nitrogen and oxygen atoms in total. The Morgan fingerprint density at radius 3 is 3.05 bits per heavy atom. The number of halogens is 1. The lowest BCUT2D eigenvalue weighted by molar-refractivity contribution is 0.474. The fourth-order valence-electron chi connectivity index (χ4n) is 1.97. The molecule has 1 N–H and O–H groups in total. The van der Waals surface area contributed by atoms with Crippen LogP contribution in [0.1, 0.15) is 17.4 Å². The van der Waals surface area contributed by atoms with Crippen molar-refractivity contribution >= 4 is 43.7 Å². The van der Waals surface area contributed by atoms with E-state index in [1.807, 2.05) is 13.0 Å². The van der Waals surface area contributed by atoms with Gasteiger partial charge in [0.1, 0.15) is 16.9 Å². The van der Waals surface area contributed by atoms with Gasteiger partial charge in [-0.2, -0.15) is 9.78 Å². The maximum atomic E-state index is 12.4. The van der Waals surface area contributed by atoms with Crippen molar-refractivity contribution in [3.8, 4) is 5.75 Å². The van der Waals surface area contributed by atoms with Gasteiger partial charge in [-0.1, -0.05) is 22.9 Å². The quantitative estimate of drug-likeness (QED) is 0.711. The molecule has 0 spiro atoms. The zero-order chi connectivity index (χ0) is 15.7. The summed E-state index contributed by atoms with van der Waals surface area (Å²) in [5.74, 6) is 0.0952. The van der Waals surface area contributed by atoms with E-state index in [1.165, 1.54) is 28.6 Å². The standard InChI is InChI=1S/C15H12BrN3O2S/c1-2-11-6-12-14(22-11)17-8-19(15(12)21)18-7-9-5-10(16)3-4-13(9)20/h3-8,20H,2H2,1H3/b18-7+. The van der Waals surface area contributed by atoms with Crippen LogP contribution in [0.3, 0.4) is 0 Å². The molecular formula is C15H12BrN3O2S. The van der Waals surface area contributed by atoms with Gasteiger partial charge in [0.05, 0.1) is 11.6 Å². The lowest BCUT2D eigenvalue weighted by Crippen LogP contribution is -2.16. The number of thiophene rings is 1. The number of benzene rings is 1. The van der Waals surface area contributed by atoms with Gasteiger partial charge in [0, 0.05) is 14.9 Å². The van der Waals surface area contributed by atoms with E-state index in [2.05, 4.69) is 26.0 Å². The molecule has 112 valence electrons. The second kappa shape index (κ2) is 6.02. The van der Waals surface area contributed by atoms with E-state index in [0.29, 0.717) is 10.9 Å². The third kappa shape index (κ3) is 2.82. The molecule has 0 fully saturated rings. The topological polar surface area (TPSA) is 67.5 Å². The number of rotatable bonds is 3. The Balaban J connectivity index is 2.03. The Hall–Kier alpha value is -1.99. The Morgan fingerprint density at radius 1 is 1.45 bits per heavy atom. The Bertz CT molecular complexity index is 930. The first-order valence-corrected chi connectivity index (χ1v) is 8.22. The van der Waals surface area contributed by atoms with E-state index in [9.17, 15) is 9.90 Å². The summed E-state index contributed by atoms with van der Waals surface area (Å²) in [5, 5.41) is 14.4. The number of phenols is 1. The average Bonchev–Trinajstić information content (AvgIpc) is 2.94. The van der Waals surface area contributed by atoms with Gasteiger partial charge in [-0.05, 0) is 30.7 Å². The molecule has 0 aliphatic rings. The molecular weight excluding hydrogens is 366 g/mol. The highest BCUT2D eigenvalue weighted by Crippen LogP contribution is 2.21. The maximum Gasteiger partial charge on any atom is 0.282 e. The van der Waals surface area contributed by atoms with Crippen LogP contribution in [0, 0.1) is 0 Å². The van der Waals surface area contributed by atoms with Gasteiger partial charge >= 0.3 is 0 Å². The Labute approximate surface area is 138 Å². The number of fused-ring (bicyclic) bond motifs is 1.